The SMILES string of the molecule is CC(C)(N)CC1CCC(NC(=O)OC(C)(C)C)CC1. The van der Waals surface area contributed by atoms with Gasteiger partial charge < -0.3 is 15.8 Å². The maximum Gasteiger partial charge on any atom is 0.407 e. The molecular formula is C15H30N2O2. The number of nitrogens with one attached hydrogen (secondary N) is 1. The summed E-state index contributed by atoms with van der Waals surface area (Å²) in [6.07, 6.45) is 5.10. The van der Waals surface area contributed by atoms with E-state index in [1.807, 2.05) is 20.8 Å². The molecule has 1 amide bonds. The average molecular weight is 270 g/mol. The minimum absolute atomic E-state index is 0.0872. The second kappa shape index (κ2) is 6.12. The number of hydrogen-bond donors (Lipinski definition) is 2. The van der Waals surface area contributed by atoms with Crippen LogP contribution in [0.1, 0.15) is 66.7 Å². The highest BCUT2D eigenvalue weighted by atomic mass is 16.6. The third-order valence-corrected chi connectivity index (χ3v) is 3.38. The van der Waals surface area contributed by atoms with Crippen molar-refractivity contribution in [3.8, 4) is 0 Å². The molecule has 4 heteroatoms. The van der Waals surface area contributed by atoms with Crippen LogP contribution < -0.4 is 11.1 Å². The molecule has 1 rings (SSSR count). The van der Waals surface area contributed by atoms with E-state index in [4.69, 9.17) is 10.5 Å². The number of alkyl carbamates (subject to hydrolysis) is 1. The smallest absolute Gasteiger partial charge is 0.407 e. The Morgan fingerprint density at radius 3 is 2.11 bits per heavy atom. The summed E-state index contributed by atoms with van der Waals surface area (Å²) < 4.78 is 5.28. The summed E-state index contributed by atoms with van der Waals surface area (Å²) in [6, 6.07) is 0.256. The van der Waals surface area contributed by atoms with Crippen molar-refractivity contribution in [1.29, 1.82) is 0 Å². The van der Waals surface area contributed by atoms with Gasteiger partial charge in [-0.25, -0.2) is 4.79 Å². The summed E-state index contributed by atoms with van der Waals surface area (Å²) >= 11 is 0. The molecule has 0 atom stereocenters. The molecule has 1 aliphatic carbocycles. The minimum atomic E-state index is -0.426. The second-order valence-electron chi connectivity index (χ2n) is 7.56. The summed E-state index contributed by atoms with van der Waals surface area (Å²) in [7, 11) is 0. The van der Waals surface area contributed by atoms with Crippen molar-refractivity contribution in [1.82, 2.24) is 5.32 Å². The van der Waals surface area contributed by atoms with E-state index < -0.39 is 5.60 Å². The molecule has 0 aromatic carbocycles. The van der Waals surface area contributed by atoms with E-state index in [1.165, 1.54) is 0 Å². The first-order chi connectivity index (χ1) is 8.55. The molecule has 4 nitrogen and oxygen atoms in total. The molecule has 0 saturated heterocycles. The van der Waals surface area contributed by atoms with Gasteiger partial charge in [-0.1, -0.05) is 0 Å². The molecule has 0 spiro atoms. The van der Waals surface area contributed by atoms with Gasteiger partial charge in [-0.15, -0.1) is 0 Å². The normalized spacial score (nSPS) is 24.9. The zero-order valence-electron chi connectivity index (χ0n) is 13.1. The van der Waals surface area contributed by atoms with Gasteiger partial charge in [0.1, 0.15) is 5.60 Å². The lowest BCUT2D eigenvalue weighted by Gasteiger charge is -2.33. The minimum Gasteiger partial charge on any atom is -0.444 e. The van der Waals surface area contributed by atoms with Gasteiger partial charge in [-0.05, 0) is 72.6 Å². The Balaban J connectivity index is 2.29. The van der Waals surface area contributed by atoms with Crippen LogP contribution in [0.25, 0.3) is 0 Å². The maximum absolute atomic E-state index is 11.7. The first-order valence-electron chi connectivity index (χ1n) is 7.33. The Morgan fingerprint density at radius 1 is 1.16 bits per heavy atom. The van der Waals surface area contributed by atoms with Crippen LogP contribution in [0.2, 0.25) is 0 Å². The molecule has 112 valence electrons. The molecule has 0 heterocycles. The average Bonchev–Trinajstić information content (AvgIpc) is 2.15. The van der Waals surface area contributed by atoms with Crippen molar-refractivity contribution in [3.05, 3.63) is 0 Å². The van der Waals surface area contributed by atoms with Crippen LogP contribution in [0.5, 0.6) is 0 Å². The molecule has 0 radical (unpaired) electrons. The van der Waals surface area contributed by atoms with Crippen molar-refractivity contribution < 1.29 is 9.53 Å². The Bertz CT molecular complexity index is 294. The Kier molecular flexibility index (Phi) is 5.25. The first kappa shape index (κ1) is 16.3. The number of carbonyl (C=O) groups excluding carboxylic acids is 1. The van der Waals surface area contributed by atoms with Gasteiger partial charge in [0, 0.05) is 11.6 Å². The summed E-state index contributed by atoms with van der Waals surface area (Å²) in [5.41, 5.74) is 5.55. The summed E-state index contributed by atoms with van der Waals surface area (Å²) in [6.45, 7) is 9.81. The van der Waals surface area contributed by atoms with E-state index >= 15 is 0 Å². The predicted octanol–water partition coefficient (Wildman–Crippen LogP) is 3.20. The van der Waals surface area contributed by atoms with Crippen molar-refractivity contribution in [2.24, 2.45) is 11.7 Å². The van der Waals surface area contributed by atoms with E-state index in [-0.39, 0.29) is 17.7 Å². The van der Waals surface area contributed by atoms with Crippen molar-refractivity contribution in [2.75, 3.05) is 0 Å². The summed E-state index contributed by atoms with van der Waals surface area (Å²) in [4.78, 5) is 11.7. The lowest BCUT2D eigenvalue weighted by Crippen LogP contribution is -2.42. The van der Waals surface area contributed by atoms with Crippen LogP contribution in [-0.4, -0.2) is 23.3 Å². The third kappa shape index (κ3) is 7.41. The van der Waals surface area contributed by atoms with E-state index in [0.717, 1.165) is 32.1 Å². The van der Waals surface area contributed by atoms with Crippen LogP contribution in [0.3, 0.4) is 0 Å². The number of amides is 1. The second-order valence-corrected chi connectivity index (χ2v) is 7.56. The lowest BCUT2D eigenvalue weighted by atomic mass is 9.79. The number of ether oxygens (including phenoxy) is 1. The molecule has 0 aromatic rings. The molecule has 0 aromatic heterocycles. The highest BCUT2D eigenvalue weighted by molar-refractivity contribution is 5.68. The molecule has 1 fully saturated rings. The van der Waals surface area contributed by atoms with E-state index in [9.17, 15) is 4.79 Å². The zero-order valence-corrected chi connectivity index (χ0v) is 13.1. The molecule has 0 bridgehead atoms. The fraction of sp³-hybridized carbons (Fsp3) is 0.933. The van der Waals surface area contributed by atoms with Gasteiger partial charge in [0.05, 0.1) is 0 Å². The first-order valence-corrected chi connectivity index (χ1v) is 7.33. The lowest BCUT2D eigenvalue weighted by molar-refractivity contribution is 0.0485. The maximum atomic E-state index is 11.7. The molecule has 3 N–H and O–H groups in total. The quantitative estimate of drug-likeness (QED) is 0.827. The zero-order chi connectivity index (χ0) is 14.7. The van der Waals surface area contributed by atoms with Gasteiger partial charge in [0.25, 0.3) is 0 Å². The third-order valence-electron chi connectivity index (χ3n) is 3.38. The predicted molar refractivity (Wildman–Crippen MR) is 78.0 cm³/mol. The monoisotopic (exact) mass is 270 g/mol. The molecule has 19 heavy (non-hydrogen) atoms. The molecule has 1 aliphatic rings. The van der Waals surface area contributed by atoms with Crippen LogP contribution >= 0.6 is 0 Å². The Morgan fingerprint density at radius 2 is 1.68 bits per heavy atom. The van der Waals surface area contributed by atoms with Crippen LogP contribution in [0, 0.1) is 5.92 Å². The standard InChI is InChI=1S/C15H30N2O2/c1-14(2,3)19-13(18)17-12-8-6-11(7-9-12)10-15(4,5)16/h11-12H,6-10,16H2,1-5H3,(H,17,18). The van der Waals surface area contributed by atoms with Crippen molar-refractivity contribution in [3.63, 3.8) is 0 Å². The van der Waals surface area contributed by atoms with Crippen LogP contribution in [0.4, 0.5) is 4.79 Å². The van der Waals surface area contributed by atoms with Gasteiger partial charge in [-0.2, -0.15) is 0 Å². The molecule has 0 aliphatic heterocycles. The highest BCUT2D eigenvalue weighted by Crippen LogP contribution is 2.30. The number of rotatable bonds is 3. The van der Waals surface area contributed by atoms with E-state index in [0.29, 0.717) is 5.92 Å². The fourth-order valence-corrected chi connectivity index (χ4v) is 2.73. The number of nitrogens with two attached hydrogens (primary N) is 1. The topological polar surface area (TPSA) is 64.3 Å². The number of hydrogen-bond acceptors (Lipinski definition) is 3. The Hall–Kier alpha value is -0.770. The number of carbonyl (C=O) groups is 1. The van der Waals surface area contributed by atoms with Gasteiger partial charge in [0.2, 0.25) is 0 Å². The molecule has 1 saturated carbocycles. The summed E-state index contributed by atoms with van der Waals surface area (Å²) in [5, 5.41) is 2.97. The van der Waals surface area contributed by atoms with Crippen LogP contribution in [-0.2, 0) is 4.74 Å². The summed E-state index contributed by atoms with van der Waals surface area (Å²) in [5.74, 6) is 0.691. The molecule has 0 unspecified atom stereocenters. The van der Waals surface area contributed by atoms with E-state index in [1.54, 1.807) is 0 Å². The van der Waals surface area contributed by atoms with Crippen molar-refractivity contribution in [2.45, 2.75) is 83.9 Å². The van der Waals surface area contributed by atoms with E-state index in [2.05, 4.69) is 19.2 Å². The largest absolute Gasteiger partial charge is 0.444 e. The highest BCUT2D eigenvalue weighted by Gasteiger charge is 2.27. The van der Waals surface area contributed by atoms with Gasteiger partial charge in [-0.3, -0.25) is 0 Å². The molecular weight excluding hydrogens is 240 g/mol. The fourth-order valence-electron chi connectivity index (χ4n) is 2.73. The van der Waals surface area contributed by atoms with Gasteiger partial charge in [0.15, 0.2) is 0 Å². The van der Waals surface area contributed by atoms with Crippen LogP contribution in [0.15, 0.2) is 0 Å². The Labute approximate surface area is 117 Å². The van der Waals surface area contributed by atoms with Gasteiger partial charge >= 0.3 is 6.09 Å². The van der Waals surface area contributed by atoms with Crippen molar-refractivity contribution >= 4 is 6.09 Å².